The van der Waals surface area contributed by atoms with Crippen molar-refractivity contribution in [3.8, 4) is 0 Å². The molecule has 1 aromatic rings. The lowest BCUT2D eigenvalue weighted by atomic mass is 9.84. The fourth-order valence-electron chi connectivity index (χ4n) is 4.94. The quantitative estimate of drug-likeness (QED) is 0.0916. The van der Waals surface area contributed by atoms with Crippen LogP contribution in [0.1, 0.15) is 109 Å². The molecule has 2 atom stereocenters. The third-order valence-electron chi connectivity index (χ3n) is 7.44. The van der Waals surface area contributed by atoms with Crippen LogP contribution in [0.3, 0.4) is 0 Å². The molecule has 1 aromatic carbocycles. The first kappa shape index (κ1) is 34.3. The molecule has 0 spiro atoms. The Morgan fingerprint density at radius 3 is 2.22 bits per heavy atom. The summed E-state index contributed by atoms with van der Waals surface area (Å²) in [5, 5.41) is 9.28. The number of hydrogen-bond donors (Lipinski definition) is 1. The fourth-order valence-corrected chi connectivity index (χ4v) is 4.94. The minimum absolute atomic E-state index is 0.154. The molecule has 0 fully saturated rings. The predicted molar refractivity (Wildman–Crippen MR) is 169 cm³/mol. The van der Waals surface area contributed by atoms with E-state index in [-0.39, 0.29) is 5.78 Å². The van der Waals surface area contributed by atoms with Gasteiger partial charge in [-0.15, -0.1) is 0 Å². The molecule has 2 unspecified atom stereocenters. The molecule has 226 valence electrons. The van der Waals surface area contributed by atoms with Crippen LogP contribution in [0, 0.1) is 5.92 Å². The van der Waals surface area contributed by atoms with E-state index in [1.54, 1.807) is 6.08 Å². The average molecular weight is 565 g/mol. The van der Waals surface area contributed by atoms with Crippen LogP contribution in [0.15, 0.2) is 66.0 Å². The first-order chi connectivity index (χ1) is 19.8. The zero-order valence-electron chi connectivity index (χ0n) is 25.8. The Morgan fingerprint density at radius 1 is 0.927 bits per heavy atom. The normalized spacial score (nSPS) is 18.3. The van der Waals surface area contributed by atoms with E-state index in [0.29, 0.717) is 12.4 Å². The largest absolute Gasteiger partial charge is 0.485 e. The first-order valence-corrected chi connectivity index (χ1v) is 15.6. The molecule has 0 bridgehead atoms. The van der Waals surface area contributed by atoms with Crippen molar-refractivity contribution in [2.45, 2.75) is 110 Å². The molecular weight excluding hydrogens is 512 g/mol. The lowest BCUT2D eigenvalue weighted by molar-refractivity contribution is -0.141. The van der Waals surface area contributed by atoms with Gasteiger partial charge in [0.25, 0.3) is 0 Å². The molecule has 2 rings (SSSR count). The summed E-state index contributed by atoms with van der Waals surface area (Å²) in [6, 6.07) is 8.34. The molecule has 0 saturated heterocycles. The van der Waals surface area contributed by atoms with Gasteiger partial charge in [-0.05, 0) is 62.8 Å². The molecular formula is C36H52O5. The molecule has 0 saturated carbocycles. The second-order valence-corrected chi connectivity index (χ2v) is 11.4. The van der Waals surface area contributed by atoms with E-state index in [1.807, 2.05) is 56.4 Å². The van der Waals surface area contributed by atoms with Crippen molar-refractivity contribution in [1.82, 2.24) is 0 Å². The summed E-state index contributed by atoms with van der Waals surface area (Å²) in [5.74, 6) is -1.58. The number of benzene rings is 1. The van der Waals surface area contributed by atoms with Gasteiger partial charge in [0.2, 0.25) is 0 Å². The molecule has 41 heavy (non-hydrogen) atoms. The Balaban J connectivity index is 2.14. The highest BCUT2D eigenvalue weighted by Crippen LogP contribution is 2.34. The minimum Gasteiger partial charge on any atom is -0.485 e. The molecule has 0 aliphatic heterocycles. The van der Waals surface area contributed by atoms with Gasteiger partial charge in [-0.3, -0.25) is 4.79 Å². The number of ether oxygens (including phenoxy) is 2. The maximum atomic E-state index is 13.3. The van der Waals surface area contributed by atoms with Gasteiger partial charge in [0.15, 0.2) is 12.4 Å². The predicted octanol–water partition coefficient (Wildman–Crippen LogP) is 9.04. The van der Waals surface area contributed by atoms with E-state index in [4.69, 9.17) is 9.47 Å². The first-order valence-electron chi connectivity index (χ1n) is 15.6. The van der Waals surface area contributed by atoms with Crippen LogP contribution in [0.5, 0.6) is 0 Å². The number of carboxylic acids is 1. The number of carbonyl (C=O) groups excluding carboxylic acids is 1. The van der Waals surface area contributed by atoms with Crippen LogP contribution < -0.4 is 0 Å². The third-order valence-corrected chi connectivity index (χ3v) is 7.44. The standard InChI is InChI=1S/C36H52O5/c1-5-7-9-11-13-15-30-16-18-31(19-17-30)20-21-33(37)32-22-25-36(41-26-23-29(3)4,24-14-12-10-8-6-2)27-34(32)40-28-35(38)39/h16-23,25,27,32H,5-15,24,26,28H2,1-4H3,(H,38,39)/b21-20+. The van der Waals surface area contributed by atoms with Gasteiger partial charge in [-0.2, -0.15) is 0 Å². The maximum Gasteiger partial charge on any atom is 0.341 e. The Labute approximate surface area is 248 Å². The van der Waals surface area contributed by atoms with E-state index in [2.05, 4.69) is 26.0 Å². The Morgan fingerprint density at radius 2 is 1.59 bits per heavy atom. The SMILES string of the molecule is CCCCCCCc1ccc(/C=C/C(=O)C2C=CC(CCCCCCC)(OCC=C(C)C)C=C2OCC(=O)O)cc1. The monoisotopic (exact) mass is 564 g/mol. The number of rotatable bonds is 21. The highest BCUT2D eigenvalue weighted by molar-refractivity contribution is 5.98. The molecule has 1 N–H and O–H groups in total. The summed E-state index contributed by atoms with van der Waals surface area (Å²) >= 11 is 0. The van der Waals surface area contributed by atoms with Gasteiger partial charge in [0, 0.05) is 0 Å². The molecule has 0 amide bonds. The Bertz CT molecular complexity index is 1040. The van der Waals surface area contributed by atoms with E-state index < -0.39 is 24.1 Å². The van der Waals surface area contributed by atoms with Gasteiger partial charge >= 0.3 is 5.97 Å². The zero-order chi connectivity index (χ0) is 29.9. The molecule has 5 heteroatoms. The second kappa shape index (κ2) is 19.2. The number of ketones is 1. The number of aryl methyl sites for hydroxylation is 1. The van der Waals surface area contributed by atoms with Crippen molar-refractivity contribution in [3.63, 3.8) is 0 Å². The third kappa shape index (κ3) is 13.5. The van der Waals surface area contributed by atoms with Gasteiger partial charge in [0.1, 0.15) is 11.4 Å². The fraction of sp³-hybridized carbons (Fsp3) is 0.556. The zero-order valence-corrected chi connectivity index (χ0v) is 25.8. The Hall–Kier alpha value is -2.92. The number of carbonyl (C=O) groups is 2. The minimum atomic E-state index is -1.08. The number of unbranched alkanes of at least 4 members (excludes halogenated alkanes) is 8. The van der Waals surface area contributed by atoms with Crippen LogP contribution >= 0.6 is 0 Å². The topological polar surface area (TPSA) is 72.8 Å². The van der Waals surface area contributed by atoms with Crippen LogP contribution in [0.25, 0.3) is 6.08 Å². The summed E-state index contributed by atoms with van der Waals surface area (Å²) in [7, 11) is 0. The lowest BCUT2D eigenvalue weighted by Gasteiger charge is -2.33. The van der Waals surface area contributed by atoms with Crippen LogP contribution in [-0.2, 0) is 25.5 Å². The van der Waals surface area contributed by atoms with Crippen molar-refractivity contribution in [2.75, 3.05) is 13.2 Å². The van der Waals surface area contributed by atoms with Gasteiger partial charge in [-0.25, -0.2) is 4.79 Å². The summed E-state index contributed by atoms with van der Waals surface area (Å²) in [4.78, 5) is 24.7. The number of carboxylic acid groups (broad SMARTS) is 1. The molecule has 0 aromatic heterocycles. The van der Waals surface area contributed by atoms with Crippen molar-refractivity contribution >= 4 is 17.8 Å². The highest BCUT2D eigenvalue weighted by atomic mass is 16.5. The average Bonchev–Trinajstić information content (AvgIpc) is 2.95. The van der Waals surface area contributed by atoms with E-state index in [9.17, 15) is 14.7 Å². The molecule has 5 nitrogen and oxygen atoms in total. The van der Waals surface area contributed by atoms with Crippen molar-refractivity contribution < 1.29 is 24.2 Å². The van der Waals surface area contributed by atoms with Gasteiger partial charge in [0.05, 0.1) is 12.5 Å². The summed E-state index contributed by atoms with van der Waals surface area (Å²) in [5.41, 5.74) is 2.69. The van der Waals surface area contributed by atoms with E-state index in [0.717, 1.165) is 36.8 Å². The molecule has 0 heterocycles. The molecule has 0 radical (unpaired) electrons. The van der Waals surface area contributed by atoms with Crippen molar-refractivity contribution in [1.29, 1.82) is 0 Å². The van der Waals surface area contributed by atoms with E-state index >= 15 is 0 Å². The van der Waals surface area contributed by atoms with Crippen LogP contribution in [-0.4, -0.2) is 35.7 Å². The Kier molecular flexibility index (Phi) is 16.1. The number of allylic oxidation sites excluding steroid dienone is 3. The summed E-state index contributed by atoms with van der Waals surface area (Å²) < 4.78 is 12.0. The maximum absolute atomic E-state index is 13.3. The number of aliphatic carboxylic acids is 1. The van der Waals surface area contributed by atoms with Crippen LogP contribution in [0.2, 0.25) is 0 Å². The van der Waals surface area contributed by atoms with Gasteiger partial charge < -0.3 is 14.6 Å². The van der Waals surface area contributed by atoms with E-state index in [1.165, 1.54) is 56.9 Å². The lowest BCUT2D eigenvalue weighted by Crippen LogP contribution is -2.34. The highest BCUT2D eigenvalue weighted by Gasteiger charge is 2.34. The second-order valence-electron chi connectivity index (χ2n) is 11.4. The van der Waals surface area contributed by atoms with Crippen LogP contribution in [0.4, 0.5) is 0 Å². The van der Waals surface area contributed by atoms with Gasteiger partial charge in [-0.1, -0.05) is 119 Å². The molecule has 1 aliphatic rings. The summed E-state index contributed by atoms with van der Waals surface area (Å²) in [6.07, 6.45) is 24.8. The smallest absolute Gasteiger partial charge is 0.341 e. The number of hydrogen-bond acceptors (Lipinski definition) is 4. The summed E-state index contributed by atoms with van der Waals surface area (Å²) in [6.45, 7) is 8.40. The van der Waals surface area contributed by atoms with Crippen molar-refractivity contribution in [3.05, 3.63) is 77.1 Å². The molecule has 1 aliphatic carbocycles. The van der Waals surface area contributed by atoms with Crippen molar-refractivity contribution in [2.24, 2.45) is 5.92 Å².